The molecule has 2 aromatic rings. The van der Waals surface area contributed by atoms with Crippen LogP contribution in [0.3, 0.4) is 0 Å². The highest BCUT2D eigenvalue weighted by Crippen LogP contribution is 2.26. The van der Waals surface area contributed by atoms with Crippen LogP contribution in [0.15, 0.2) is 40.9 Å². The molecule has 0 N–H and O–H groups in total. The van der Waals surface area contributed by atoms with E-state index in [0.717, 1.165) is 16.1 Å². The van der Waals surface area contributed by atoms with Crippen molar-refractivity contribution in [3.8, 4) is 5.75 Å². The van der Waals surface area contributed by atoms with Gasteiger partial charge in [-0.1, -0.05) is 27.5 Å². The van der Waals surface area contributed by atoms with Crippen LogP contribution in [0.25, 0.3) is 0 Å². The highest BCUT2D eigenvalue weighted by Gasteiger charge is 2.17. The van der Waals surface area contributed by atoms with Crippen LogP contribution in [0.4, 0.5) is 5.69 Å². The molecule has 0 fully saturated rings. The molecule has 0 aliphatic heterocycles. The van der Waals surface area contributed by atoms with Crippen molar-refractivity contribution >= 4 is 39.2 Å². The van der Waals surface area contributed by atoms with Crippen LogP contribution in [0.2, 0.25) is 5.02 Å². The highest BCUT2D eigenvalue weighted by atomic mass is 79.9. The predicted molar refractivity (Wildman–Crippen MR) is 81.9 cm³/mol. The van der Waals surface area contributed by atoms with Gasteiger partial charge < -0.3 is 4.74 Å². The number of aryl methyl sites for hydroxylation is 1. The summed E-state index contributed by atoms with van der Waals surface area (Å²) in [6, 6.07) is 8.83. The number of benzene rings is 2. The molecule has 0 heterocycles. The fraction of sp³-hybridized carbons (Fsp3) is 0.0714. The zero-order valence-electron chi connectivity index (χ0n) is 10.8. The van der Waals surface area contributed by atoms with Crippen LogP contribution < -0.4 is 4.74 Å². The van der Waals surface area contributed by atoms with Gasteiger partial charge in [-0.05, 0) is 42.8 Å². The number of esters is 1. The first-order valence-corrected chi connectivity index (χ1v) is 6.98. The van der Waals surface area contributed by atoms with E-state index >= 15 is 0 Å². The minimum absolute atomic E-state index is 0.0314. The van der Waals surface area contributed by atoms with E-state index in [4.69, 9.17) is 16.3 Å². The summed E-state index contributed by atoms with van der Waals surface area (Å²) in [5.41, 5.74) is 0.632. The standard InChI is InChI=1S/C14H9BrClNO4/c1-8-6-10(3-4-11(8)15)21-14(18)9-2-5-12(16)13(7-9)17(19)20/h2-7H,1H3. The molecule has 7 heteroatoms. The lowest BCUT2D eigenvalue weighted by molar-refractivity contribution is -0.384. The summed E-state index contributed by atoms with van der Waals surface area (Å²) in [5.74, 6) is -0.324. The summed E-state index contributed by atoms with van der Waals surface area (Å²) in [6.07, 6.45) is 0. The molecule has 0 atom stereocenters. The van der Waals surface area contributed by atoms with E-state index in [-0.39, 0.29) is 16.3 Å². The molecule has 0 unspecified atom stereocenters. The molecule has 0 radical (unpaired) electrons. The number of carbonyl (C=O) groups is 1. The van der Waals surface area contributed by atoms with Gasteiger partial charge in [-0.2, -0.15) is 0 Å². The molecular formula is C14H9BrClNO4. The molecule has 21 heavy (non-hydrogen) atoms. The number of nitrogens with zero attached hydrogens (tertiary/aromatic N) is 1. The summed E-state index contributed by atoms with van der Waals surface area (Å²) in [5, 5.41) is 10.8. The Bertz CT molecular complexity index is 733. The number of hydrogen-bond donors (Lipinski definition) is 0. The largest absolute Gasteiger partial charge is 0.423 e. The van der Waals surface area contributed by atoms with Crippen LogP contribution in [0.5, 0.6) is 5.75 Å². The van der Waals surface area contributed by atoms with E-state index in [2.05, 4.69) is 15.9 Å². The van der Waals surface area contributed by atoms with Crippen molar-refractivity contribution in [3.05, 3.63) is 67.1 Å². The van der Waals surface area contributed by atoms with Gasteiger partial charge in [0.2, 0.25) is 0 Å². The summed E-state index contributed by atoms with van der Waals surface area (Å²) in [7, 11) is 0. The fourth-order valence-corrected chi connectivity index (χ4v) is 2.06. The Balaban J connectivity index is 2.26. The van der Waals surface area contributed by atoms with Crippen molar-refractivity contribution in [1.82, 2.24) is 0 Å². The number of nitro groups is 1. The van der Waals surface area contributed by atoms with Gasteiger partial charge in [0.25, 0.3) is 5.69 Å². The molecule has 0 aromatic heterocycles. The van der Waals surface area contributed by atoms with E-state index in [1.54, 1.807) is 18.2 Å². The number of hydrogen-bond acceptors (Lipinski definition) is 4. The average molecular weight is 371 g/mol. The molecule has 0 amide bonds. The molecule has 0 saturated heterocycles. The van der Waals surface area contributed by atoms with E-state index in [1.165, 1.54) is 12.1 Å². The molecule has 0 aliphatic rings. The van der Waals surface area contributed by atoms with Gasteiger partial charge in [0.05, 0.1) is 10.5 Å². The first-order valence-electron chi connectivity index (χ1n) is 5.81. The van der Waals surface area contributed by atoms with E-state index in [9.17, 15) is 14.9 Å². The third-order valence-corrected chi connectivity index (χ3v) is 3.93. The van der Waals surface area contributed by atoms with Crippen molar-refractivity contribution in [2.75, 3.05) is 0 Å². The number of rotatable bonds is 3. The minimum Gasteiger partial charge on any atom is -0.423 e. The third-order valence-electron chi connectivity index (χ3n) is 2.72. The lowest BCUT2D eigenvalue weighted by atomic mass is 10.2. The Kier molecular flexibility index (Phi) is 4.59. The van der Waals surface area contributed by atoms with Crippen molar-refractivity contribution in [1.29, 1.82) is 0 Å². The van der Waals surface area contributed by atoms with Crippen LogP contribution in [-0.2, 0) is 0 Å². The molecule has 0 spiro atoms. The van der Waals surface area contributed by atoms with Gasteiger partial charge >= 0.3 is 5.97 Å². The van der Waals surface area contributed by atoms with Crippen molar-refractivity contribution < 1.29 is 14.5 Å². The second-order valence-corrected chi connectivity index (χ2v) is 5.49. The maximum absolute atomic E-state index is 12.0. The number of carbonyl (C=O) groups excluding carboxylic acids is 1. The van der Waals surface area contributed by atoms with Crippen LogP contribution in [0.1, 0.15) is 15.9 Å². The van der Waals surface area contributed by atoms with Crippen LogP contribution >= 0.6 is 27.5 Å². The molecule has 2 rings (SSSR count). The molecule has 108 valence electrons. The average Bonchev–Trinajstić information content (AvgIpc) is 2.43. The first-order chi connectivity index (χ1) is 9.88. The molecular weight excluding hydrogens is 362 g/mol. The maximum atomic E-state index is 12.0. The SMILES string of the molecule is Cc1cc(OC(=O)c2ccc(Cl)c([N+](=O)[O-])c2)ccc1Br. The lowest BCUT2D eigenvalue weighted by Gasteiger charge is -2.06. The second kappa shape index (κ2) is 6.24. The topological polar surface area (TPSA) is 69.4 Å². The van der Waals surface area contributed by atoms with Gasteiger partial charge in [0.15, 0.2) is 0 Å². The lowest BCUT2D eigenvalue weighted by Crippen LogP contribution is -2.09. The monoisotopic (exact) mass is 369 g/mol. The smallest absolute Gasteiger partial charge is 0.343 e. The van der Waals surface area contributed by atoms with Gasteiger partial charge in [-0.15, -0.1) is 0 Å². The Morgan fingerprint density at radius 1 is 1.29 bits per heavy atom. The highest BCUT2D eigenvalue weighted by molar-refractivity contribution is 9.10. The molecule has 0 aliphatic carbocycles. The Hall–Kier alpha value is -1.92. The van der Waals surface area contributed by atoms with E-state index < -0.39 is 10.9 Å². The van der Waals surface area contributed by atoms with Crippen LogP contribution in [-0.4, -0.2) is 10.9 Å². The fourth-order valence-electron chi connectivity index (χ4n) is 1.63. The number of halogens is 2. The number of ether oxygens (including phenoxy) is 1. The summed E-state index contributed by atoms with van der Waals surface area (Å²) >= 11 is 9.04. The Labute approximate surface area is 133 Å². The van der Waals surface area contributed by atoms with E-state index in [1.807, 2.05) is 6.92 Å². The van der Waals surface area contributed by atoms with Crippen molar-refractivity contribution in [3.63, 3.8) is 0 Å². The molecule has 2 aromatic carbocycles. The third kappa shape index (κ3) is 3.59. The van der Waals surface area contributed by atoms with Gasteiger partial charge in [-0.25, -0.2) is 4.79 Å². The van der Waals surface area contributed by atoms with Gasteiger partial charge in [-0.3, -0.25) is 10.1 Å². The normalized spacial score (nSPS) is 10.2. The van der Waals surface area contributed by atoms with E-state index in [0.29, 0.717) is 5.75 Å². The Morgan fingerprint density at radius 2 is 2.00 bits per heavy atom. The minimum atomic E-state index is -0.684. The number of nitro benzene ring substituents is 1. The molecule has 5 nitrogen and oxygen atoms in total. The summed E-state index contributed by atoms with van der Waals surface area (Å²) in [4.78, 5) is 22.1. The van der Waals surface area contributed by atoms with Gasteiger partial charge in [0.1, 0.15) is 10.8 Å². The first kappa shape index (κ1) is 15.5. The summed E-state index contributed by atoms with van der Waals surface area (Å²) in [6.45, 7) is 1.86. The molecule has 0 saturated carbocycles. The predicted octanol–water partition coefficient (Wildman–Crippen LogP) is 4.54. The molecule has 0 bridgehead atoms. The van der Waals surface area contributed by atoms with Crippen molar-refractivity contribution in [2.45, 2.75) is 6.92 Å². The van der Waals surface area contributed by atoms with Crippen LogP contribution in [0, 0.1) is 17.0 Å². The maximum Gasteiger partial charge on any atom is 0.343 e. The van der Waals surface area contributed by atoms with Gasteiger partial charge in [0, 0.05) is 10.5 Å². The Morgan fingerprint density at radius 3 is 2.62 bits per heavy atom. The second-order valence-electron chi connectivity index (χ2n) is 4.22. The zero-order chi connectivity index (χ0) is 15.6. The summed E-state index contributed by atoms with van der Waals surface area (Å²) < 4.78 is 6.08. The zero-order valence-corrected chi connectivity index (χ0v) is 13.1. The van der Waals surface area contributed by atoms with Crippen molar-refractivity contribution in [2.24, 2.45) is 0 Å². The quantitative estimate of drug-likeness (QED) is 0.344.